The average Bonchev–Trinajstić information content (AvgIpc) is 2.36. The van der Waals surface area contributed by atoms with E-state index in [0.717, 1.165) is 13.0 Å². The van der Waals surface area contributed by atoms with Gasteiger partial charge in [0.25, 0.3) is 0 Å². The van der Waals surface area contributed by atoms with Gasteiger partial charge in [0.05, 0.1) is 19.6 Å². The summed E-state index contributed by atoms with van der Waals surface area (Å²) in [6.45, 7) is 5.79. The third-order valence-electron chi connectivity index (χ3n) is 2.90. The number of esters is 1. The highest BCUT2D eigenvalue weighted by Gasteiger charge is 2.00. The van der Waals surface area contributed by atoms with Crippen LogP contribution in [0, 0.1) is 0 Å². The predicted octanol–water partition coefficient (Wildman–Crippen LogP) is 4.10. The molecule has 0 amide bonds. The van der Waals surface area contributed by atoms with Crippen LogP contribution in [0.4, 0.5) is 0 Å². The number of unbranched alkanes of at least 4 members (excludes halogenated alkanes) is 7. The van der Waals surface area contributed by atoms with Crippen molar-refractivity contribution in [2.45, 2.75) is 71.6 Å². The van der Waals surface area contributed by atoms with Crippen LogP contribution < -0.4 is 0 Å². The maximum Gasteiger partial charge on any atom is 0.308 e. The SMILES string of the molecule is CCCCCCCCCCOCCC(=O)OCC. The summed E-state index contributed by atoms with van der Waals surface area (Å²) in [4.78, 5) is 11.0. The lowest BCUT2D eigenvalue weighted by Gasteiger charge is -2.04. The molecule has 0 fully saturated rings. The maximum atomic E-state index is 11.0. The molecule has 0 heterocycles. The number of carbonyl (C=O) groups excluding carboxylic acids is 1. The van der Waals surface area contributed by atoms with Crippen LogP contribution >= 0.6 is 0 Å². The predicted molar refractivity (Wildman–Crippen MR) is 74.7 cm³/mol. The Balaban J connectivity index is 3.01. The van der Waals surface area contributed by atoms with Crippen LogP contribution in [0.15, 0.2) is 0 Å². The lowest BCUT2D eigenvalue weighted by atomic mass is 10.1. The van der Waals surface area contributed by atoms with E-state index in [1.807, 2.05) is 6.92 Å². The van der Waals surface area contributed by atoms with E-state index in [1.165, 1.54) is 44.9 Å². The van der Waals surface area contributed by atoms with Crippen LogP contribution in [0.3, 0.4) is 0 Å². The summed E-state index contributed by atoms with van der Waals surface area (Å²) in [7, 11) is 0. The van der Waals surface area contributed by atoms with E-state index >= 15 is 0 Å². The van der Waals surface area contributed by atoms with Gasteiger partial charge in [0.1, 0.15) is 0 Å². The van der Waals surface area contributed by atoms with Crippen molar-refractivity contribution >= 4 is 5.97 Å². The molecule has 0 aromatic carbocycles. The first-order chi connectivity index (χ1) is 8.81. The van der Waals surface area contributed by atoms with Gasteiger partial charge in [0.15, 0.2) is 0 Å². The highest BCUT2D eigenvalue weighted by Crippen LogP contribution is 2.08. The van der Waals surface area contributed by atoms with Gasteiger partial charge in [-0.1, -0.05) is 51.9 Å². The summed E-state index contributed by atoms with van der Waals surface area (Å²) in [5, 5.41) is 0. The van der Waals surface area contributed by atoms with Gasteiger partial charge in [-0.2, -0.15) is 0 Å². The van der Waals surface area contributed by atoms with Crippen molar-refractivity contribution in [3.63, 3.8) is 0 Å². The average molecular weight is 258 g/mol. The molecule has 0 aromatic heterocycles. The molecule has 108 valence electrons. The molecule has 0 aliphatic heterocycles. The molecule has 0 saturated carbocycles. The highest BCUT2D eigenvalue weighted by atomic mass is 16.5. The van der Waals surface area contributed by atoms with Gasteiger partial charge >= 0.3 is 5.97 Å². The third kappa shape index (κ3) is 13.5. The minimum absolute atomic E-state index is 0.159. The lowest BCUT2D eigenvalue weighted by Crippen LogP contribution is -2.08. The first kappa shape index (κ1) is 17.4. The van der Waals surface area contributed by atoms with Crippen LogP contribution in [0.5, 0.6) is 0 Å². The number of hydrogen-bond acceptors (Lipinski definition) is 3. The monoisotopic (exact) mass is 258 g/mol. The second kappa shape index (κ2) is 14.5. The van der Waals surface area contributed by atoms with Crippen LogP contribution in [0.1, 0.15) is 71.6 Å². The standard InChI is InChI=1S/C15H30O3/c1-3-5-6-7-8-9-10-11-13-17-14-12-15(16)18-4-2/h3-14H2,1-2H3. The number of rotatable bonds is 13. The van der Waals surface area contributed by atoms with Gasteiger partial charge in [0.2, 0.25) is 0 Å². The van der Waals surface area contributed by atoms with Crippen molar-refractivity contribution in [3.05, 3.63) is 0 Å². The first-order valence-electron chi connectivity index (χ1n) is 7.54. The molecule has 0 rings (SSSR count). The van der Waals surface area contributed by atoms with Gasteiger partial charge in [-0.25, -0.2) is 0 Å². The molecule has 0 aliphatic carbocycles. The smallest absolute Gasteiger partial charge is 0.308 e. The molecule has 0 aromatic rings. The zero-order chi connectivity index (χ0) is 13.5. The Morgan fingerprint density at radius 1 is 0.833 bits per heavy atom. The molecule has 0 radical (unpaired) electrons. The Morgan fingerprint density at radius 2 is 1.44 bits per heavy atom. The Morgan fingerprint density at radius 3 is 2.06 bits per heavy atom. The third-order valence-corrected chi connectivity index (χ3v) is 2.90. The van der Waals surface area contributed by atoms with E-state index in [-0.39, 0.29) is 5.97 Å². The summed E-state index contributed by atoms with van der Waals surface area (Å²) < 4.78 is 10.2. The molecule has 18 heavy (non-hydrogen) atoms. The Labute approximate surface area is 112 Å². The van der Waals surface area contributed by atoms with E-state index in [4.69, 9.17) is 9.47 Å². The molecule has 0 unspecified atom stereocenters. The lowest BCUT2D eigenvalue weighted by molar-refractivity contribution is -0.144. The van der Waals surface area contributed by atoms with Crippen molar-refractivity contribution in [2.75, 3.05) is 19.8 Å². The molecule has 3 nitrogen and oxygen atoms in total. The van der Waals surface area contributed by atoms with Gasteiger partial charge < -0.3 is 9.47 Å². The van der Waals surface area contributed by atoms with Crippen molar-refractivity contribution in [1.82, 2.24) is 0 Å². The first-order valence-corrected chi connectivity index (χ1v) is 7.54. The van der Waals surface area contributed by atoms with Crippen molar-refractivity contribution < 1.29 is 14.3 Å². The van der Waals surface area contributed by atoms with E-state index < -0.39 is 0 Å². The summed E-state index contributed by atoms with van der Waals surface area (Å²) in [6, 6.07) is 0. The second-order valence-electron chi connectivity index (χ2n) is 4.64. The van der Waals surface area contributed by atoms with E-state index in [2.05, 4.69) is 6.92 Å². The van der Waals surface area contributed by atoms with Gasteiger partial charge in [0, 0.05) is 6.61 Å². The summed E-state index contributed by atoms with van der Waals surface area (Å²) in [6.07, 6.45) is 10.8. The van der Waals surface area contributed by atoms with Crippen molar-refractivity contribution in [2.24, 2.45) is 0 Å². The van der Waals surface area contributed by atoms with E-state index in [9.17, 15) is 4.79 Å². The molecule has 0 aliphatic rings. The molecule has 3 heteroatoms. The van der Waals surface area contributed by atoms with Crippen LogP contribution in [-0.4, -0.2) is 25.8 Å². The highest BCUT2D eigenvalue weighted by molar-refractivity contribution is 5.69. The topological polar surface area (TPSA) is 35.5 Å². The number of hydrogen-bond donors (Lipinski definition) is 0. The van der Waals surface area contributed by atoms with Crippen LogP contribution in [0.2, 0.25) is 0 Å². The summed E-state index contributed by atoms with van der Waals surface area (Å²) in [5.41, 5.74) is 0. The Bertz CT molecular complexity index is 181. The Hall–Kier alpha value is -0.570. The van der Waals surface area contributed by atoms with Gasteiger partial charge in [-0.15, -0.1) is 0 Å². The zero-order valence-electron chi connectivity index (χ0n) is 12.2. The number of ether oxygens (including phenoxy) is 2. The fourth-order valence-corrected chi connectivity index (χ4v) is 1.83. The van der Waals surface area contributed by atoms with E-state index in [1.54, 1.807) is 0 Å². The molecular formula is C15H30O3. The van der Waals surface area contributed by atoms with Crippen LogP contribution in [0.25, 0.3) is 0 Å². The molecule has 0 bridgehead atoms. The summed E-state index contributed by atoms with van der Waals surface area (Å²) >= 11 is 0. The molecule has 0 atom stereocenters. The van der Waals surface area contributed by atoms with Crippen molar-refractivity contribution in [1.29, 1.82) is 0 Å². The second-order valence-corrected chi connectivity index (χ2v) is 4.64. The Kier molecular flexibility index (Phi) is 14.0. The normalized spacial score (nSPS) is 10.6. The molecular weight excluding hydrogens is 228 g/mol. The zero-order valence-corrected chi connectivity index (χ0v) is 12.2. The van der Waals surface area contributed by atoms with E-state index in [0.29, 0.717) is 19.6 Å². The van der Waals surface area contributed by atoms with Crippen molar-refractivity contribution in [3.8, 4) is 0 Å². The molecule has 0 spiro atoms. The van der Waals surface area contributed by atoms with Crippen LogP contribution in [-0.2, 0) is 14.3 Å². The fourth-order valence-electron chi connectivity index (χ4n) is 1.83. The quantitative estimate of drug-likeness (QED) is 0.368. The summed E-state index contributed by atoms with van der Waals surface area (Å²) in [5.74, 6) is -0.159. The molecule has 0 saturated heterocycles. The minimum Gasteiger partial charge on any atom is -0.466 e. The maximum absolute atomic E-state index is 11.0. The minimum atomic E-state index is -0.159. The van der Waals surface area contributed by atoms with Gasteiger partial charge in [-0.05, 0) is 13.3 Å². The van der Waals surface area contributed by atoms with Gasteiger partial charge in [-0.3, -0.25) is 4.79 Å². The fraction of sp³-hybridized carbons (Fsp3) is 0.933. The number of carbonyl (C=O) groups is 1. The largest absolute Gasteiger partial charge is 0.466 e. The molecule has 0 N–H and O–H groups in total.